The van der Waals surface area contributed by atoms with E-state index in [1.807, 2.05) is 35.7 Å². The highest BCUT2D eigenvalue weighted by Gasteiger charge is 2.19. The first-order chi connectivity index (χ1) is 14.7. The number of rotatable bonds is 4. The molecule has 2 heterocycles. The molecule has 4 rings (SSSR count). The Morgan fingerprint density at radius 2 is 1.68 bits per heavy atom. The van der Waals surface area contributed by atoms with E-state index in [1.54, 1.807) is 6.07 Å². The zero-order chi connectivity index (χ0) is 22.3. The van der Waals surface area contributed by atoms with Crippen molar-refractivity contribution < 1.29 is 4.79 Å². The van der Waals surface area contributed by atoms with Gasteiger partial charge in [0.25, 0.3) is 0 Å². The molecule has 31 heavy (non-hydrogen) atoms. The number of halogens is 3. The van der Waals surface area contributed by atoms with Crippen LogP contribution in [0.15, 0.2) is 48.7 Å². The number of aryl methyl sites for hydroxylation is 3. The van der Waals surface area contributed by atoms with E-state index < -0.39 is 0 Å². The summed E-state index contributed by atoms with van der Waals surface area (Å²) in [6, 6.07) is 13.3. The molecule has 1 amide bonds. The zero-order valence-electron chi connectivity index (χ0n) is 17.3. The molecule has 0 atom stereocenters. The van der Waals surface area contributed by atoms with Gasteiger partial charge in [0, 0.05) is 11.8 Å². The van der Waals surface area contributed by atoms with Gasteiger partial charge in [-0.25, -0.2) is 4.98 Å². The van der Waals surface area contributed by atoms with E-state index in [1.165, 1.54) is 17.2 Å². The van der Waals surface area contributed by atoms with E-state index in [2.05, 4.69) is 31.3 Å². The Morgan fingerprint density at radius 3 is 2.42 bits per heavy atom. The van der Waals surface area contributed by atoms with Crippen LogP contribution in [-0.2, 0) is 11.2 Å². The minimum atomic E-state index is -0.229. The van der Waals surface area contributed by atoms with Crippen molar-refractivity contribution in [2.45, 2.75) is 27.2 Å². The summed E-state index contributed by atoms with van der Waals surface area (Å²) in [7, 11) is 0. The Balaban J connectivity index is 1.74. The van der Waals surface area contributed by atoms with Crippen molar-refractivity contribution >= 4 is 52.0 Å². The minimum Gasteiger partial charge on any atom is -0.324 e. The summed E-state index contributed by atoms with van der Waals surface area (Å²) in [4.78, 5) is 17.8. The summed E-state index contributed by atoms with van der Waals surface area (Å²) in [5.74, 6) is -0.229. The number of pyridine rings is 1. The Morgan fingerprint density at radius 1 is 0.935 bits per heavy atom. The number of carbonyl (C=O) groups is 1. The van der Waals surface area contributed by atoms with Crippen LogP contribution in [0.1, 0.15) is 22.4 Å². The number of aromatic nitrogens is 2. The van der Waals surface area contributed by atoms with Crippen LogP contribution in [0, 0.1) is 20.8 Å². The van der Waals surface area contributed by atoms with Crippen molar-refractivity contribution in [2.75, 3.05) is 5.32 Å². The molecule has 0 aliphatic heterocycles. The molecule has 4 aromatic rings. The maximum atomic E-state index is 13.0. The van der Waals surface area contributed by atoms with Crippen molar-refractivity contribution in [1.29, 1.82) is 0 Å². The highest BCUT2D eigenvalue weighted by Crippen LogP contribution is 2.33. The maximum Gasteiger partial charge on any atom is 0.230 e. The van der Waals surface area contributed by atoms with Crippen molar-refractivity contribution in [1.82, 2.24) is 9.38 Å². The fraction of sp³-hybridized carbons (Fsp3) is 0.167. The van der Waals surface area contributed by atoms with E-state index in [0.717, 1.165) is 28.2 Å². The van der Waals surface area contributed by atoms with Gasteiger partial charge in [-0.1, -0.05) is 46.9 Å². The molecule has 0 spiro atoms. The third-order valence-corrected chi connectivity index (χ3v) is 6.31. The van der Waals surface area contributed by atoms with Gasteiger partial charge < -0.3 is 9.72 Å². The molecule has 0 saturated heterocycles. The standard InChI is InChI=1S/C24H20Cl3N3O/c1-13-6-7-30-21(12-23(31)28-20-11-18(26)17(25)10-19(20)27)24(29-22(30)8-13)16-5-4-14(2)15(3)9-16/h4-11H,12H2,1-3H3,(H,28,31). The van der Waals surface area contributed by atoms with Crippen LogP contribution in [0.4, 0.5) is 5.69 Å². The van der Waals surface area contributed by atoms with Crippen LogP contribution in [0.25, 0.3) is 16.9 Å². The number of amides is 1. The van der Waals surface area contributed by atoms with Gasteiger partial charge in [0.15, 0.2) is 0 Å². The third-order valence-electron chi connectivity index (χ3n) is 5.27. The fourth-order valence-corrected chi connectivity index (χ4v) is 4.05. The fourth-order valence-electron chi connectivity index (χ4n) is 3.45. The molecule has 0 unspecified atom stereocenters. The normalized spacial score (nSPS) is 11.2. The number of benzene rings is 2. The number of carbonyl (C=O) groups excluding carboxylic acids is 1. The minimum absolute atomic E-state index is 0.114. The maximum absolute atomic E-state index is 13.0. The van der Waals surface area contributed by atoms with Gasteiger partial charge in [-0.3, -0.25) is 4.79 Å². The number of nitrogens with one attached hydrogen (secondary N) is 1. The first kappa shape index (κ1) is 21.7. The average Bonchev–Trinajstić information content (AvgIpc) is 3.05. The van der Waals surface area contributed by atoms with Gasteiger partial charge in [0.2, 0.25) is 5.91 Å². The molecule has 0 aliphatic carbocycles. The van der Waals surface area contributed by atoms with Gasteiger partial charge >= 0.3 is 0 Å². The number of anilines is 1. The summed E-state index contributed by atoms with van der Waals surface area (Å²) in [6.45, 7) is 6.15. The molecule has 158 valence electrons. The molecule has 0 fully saturated rings. The van der Waals surface area contributed by atoms with Gasteiger partial charge in [-0.15, -0.1) is 0 Å². The monoisotopic (exact) mass is 471 g/mol. The highest BCUT2D eigenvalue weighted by atomic mass is 35.5. The molecule has 0 bridgehead atoms. The van der Waals surface area contributed by atoms with Gasteiger partial charge in [-0.2, -0.15) is 0 Å². The topological polar surface area (TPSA) is 46.4 Å². The molecule has 0 saturated carbocycles. The molecule has 2 aromatic heterocycles. The summed E-state index contributed by atoms with van der Waals surface area (Å²) in [5.41, 5.74) is 7.24. The van der Waals surface area contributed by atoms with E-state index in [-0.39, 0.29) is 12.3 Å². The van der Waals surface area contributed by atoms with Gasteiger partial charge in [0.1, 0.15) is 5.65 Å². The quantitative estimate of drug-likeness (QED) is 0.323. The first-order valence-electron chi connectivity index (χ1n) is 9.72. The first-order valence-corrected chi connectivity index (χ1v) is 10.9. The van der Waals surface area contributed by atoms with Crippen molar-refractivity contribution in [3.8, 4) is 11.3 Å². The Labute approximate surface area is 195 Å². The van der Waals surface area contributed by atoms with Gasteiger partial charge in [-0.05, 0) is 67.8 Å². The van der Waals surface area contributed by atoms with Crippen LogP contribution in [0.3, 0.4) is 0 Å². The predicted molar refractivity (Wildman–Crippen MR) is 129 cm³/mol. The second kappa shape index (κ2) is 8.54. The molecular formula is C24H20Cl3N3O. The molecular weight excluding hydrogens is 453 g/mol. The summed E-state index contributed by atoms with van der Waals surface area (Å²) >= 11 is 18.3. The van der Waals surface area contributed by atoms with Crippen molar-refractivity contribution in [2.24, 2.45) is 0 Å². The molecule has 4 nitrogen and oxygen atoms in total. The number of hydrogen-bond acceptors (Lipinski definition) is 2. The Bertz CT molecular complexity index is 1330. The smallest absolute Gasteiger partial charge is 0.230 e. The van der Waals surface area contributed by atoms with E-state index in [4.69, 9.17) is 39.8 Å². The summed E-state index contributed by atoms with van der Waals surface area (Å²) < 4.78 is 1.95. The molecule has 0 radical (unpaired) electrons. The Kier molecular flexibility index (Phi) is 5.98. The SMILES string of the molecule is Cc1ccn2c(CC(=O)Nc3cc(Cl)c(Cl)cc3Cl)c(-c3ccc(C)c(C)c3)nc2c1. The Hall–Kier alpha value is -2.53. The largest absolute Gasteiger partial charge is 0.324 e. The van der Waals surface area contributed by atoms with Gasteiger partial charge in [0.05, 0.1) is 38.6 Å². The lowest BCUT2D eigenvalue weighted by Crippen LogP contribution is -2.16. The second-order valence-electron chi connectivity index (χ2n) is 7.61. The highest BCUT2D eigenvalue weighted by molar-refractivity contribution is 6.44. The lowest BCUT2D eigenvalue weighted by molar-refractivity contribution is -0.115. The van der Waals surface area contributed by atoms with Crippen molar-refractivity contribution in [3.63, 3.8) is 0 Å². The number of imidazole rings is 1. The number of hydrogen-bond donors (Lipinski definition) is 1. The van der Waals surface area contributed by atoms with E-state index in [9.17, 15) is 4.79 Å². The lowest BCUT2D eigenvalue weighted by Gasteiger charge is -2.10. The third kappa shape index (κ3) is 4.42. The molecule has 7 heteroatoms. The van der Waals surface area contributed by atoms with Crippen LogP contribution in [0.2, 0.25) is 15.1 Å². The van der Waals surface area contributed by atoms with Crippen LogP contribution in [-0.4, -0.2) is 15.3 Å². The van der Waals surface area contributed by atoms with Crippen LogP contribution >= 0.6 is 34.8 Å². The van der Waals surface area contributed by atoms with E-state index in [0.29, 0.717) is 20.8 Å². The summed E-state index contributed by atoms with van der Waals surface area (Å²) in [5, 5.41) is 3.82. The molecule has 1 N–H and O–H groups in total. The van der Waals surface area contributed by atoms with Crippen LogP contribution in [0.5, 0.6) is 0 Å². The molecule has 0 aliphatic rings. The summed E-state index contributed by atoms with van der Waals surface area (Å²) in [6.07, 6.45) is 2.06. The second-order valence-corrected chi connectivity index (χ2v) is 8.83. The van der Waals surface area contributed by atoms with Crippen molar-refractivity contribution in [3.05, 3.63) is 86.1 Å². The van der Waals surface area contributed by atoms with E-state index >= 15 is 0 Å². The predicted octanol–water partition coefficient (Wildman–Crippen LogP) is 7.07. The number of fused-ring (bicyclic) bond motifs is 1. The average molecular weight is 473 g/mol. The molecule has 2 aromatic carbocycles. The lowest BCUT2D eigenvalue weighted by atomic mass is 10.0. The number of nitrogens with zero attached hydrogens (tertiary/aromatic N) is 2. The zero-order valence-corrected chi connectivity index (χ0v) is 19.5. The van der Waals surface area contributed by atoms with Crippen LogP contribution < -0.4 is 5.32 Å².